The lowest BCUT2D eigenvalue weighted by Crippen LogP contribution is -2.10. The van der Waals surface area contributed by atoms with Crippen LogP contribution < -0.4 is 0 Å². The summed E-state index contributed by atoms with van der Waals surface area (Å²) >= 11 is 8.69. The molecule has 2 nitrogen and oxygen atoms in total. The number of carbonyl (C=O) groups is 1. The largest absolute Gasteiger partial charge is 0.481 e. The second-order valence-corrected chi connectivity index (χ2v) is 6.43. The van der Waals surface area contributed by atoms with Gasteiger partial charge < -0.3 is 5.11 Å². The van der Waals surface area contributed by atoms with Crippen LogP contribution >= 0.6 is 18.1 Å². The quantitative estimate of drug-likeness (QED) is 0.514. The van der Waals surface area contributed by atoms with Crippen molar-refractivity contribution in [3.05, 3.63) is 0 Å². The van der Waals surface area contributed by atoms with Crippen LogP contribution in [0.3, 0.4) is 0 Å². The normalized spacial score (nSPS) is 14.7. The Morgan fingerprint density at radius 1 is 2.00 bits per heavy atom. The fraction of sp³-hybridized carbons (Fsp3) is 0.750. The van der Waals surface area contributed by atoms with Crippen LogP contribution in [0.25, 0.3) is 0 Å². The van der Waals surface area contributed by atoms with Crippen molar-refractivity contribution in [1.29, 1.82) is 0 Å². The molecule has 0 heterocycles. The van der Waals surface area contributed by atoms with Gasteiger partial charge in [-0.1, -0.05) is 0 Å². The smallest absolute Gasteiger partial charge is 0.310 e. The molecule has 5 heteroatoms. The molecule has 52 valence electrons. The van der Waals surface area contributed by atoms with Crippen LogP contribution in [0.15, 0.2) is 0 Å². The first-order valence-electron chi connectivity index (χ1n) is 2.40. The summed E-state index contributed by atoms with van der Waals surface area (Å²) in [5, 5.41) is 8.36. The Morgan fingerprint density at radius 3 is 2.56 bits per heavy atom. The lowest BCUT2D eigenvalue weighted by atomic mass is 10.2. The molecule has 0 bridgehead atoms. The highest BCUT2D eigenvalue weighted by Crippen LogP contribution is 2.28. The van der Waals surface area contributed by atoms with Crippen LogP contribution in [0.2, 0.25) is 0 Å². The minimum atomic E-state index is -0.790. The van der Waals surface area contributed by atoms with E-state index >= 15 is 0 Å². The Bertz CT molecular complexity index is 137. The highest BCUT2D eigenvalue weighted by atomic mass is 32.9. The van der Waals surface area contributed by atoms with E-state index in [0.29, 0.717) is 6.16 Å². The maximum atomic E-state index is 10.2. The van der Waals surface area contributed by atoms with Gasteiger partial charge in [-0.15, -0.1) is 0 Å². The number of rotatable bonds is 3. The first-order valence-corrected chi connectivity index (χ1v) is 6.09. The third kappa shape index (κ3) is 4.82. The zero-order valence-electron chi connectivity index (χ0n) is 4.94. The van der Waals surface area contributed by atoms with Gasteiger partial charge in [-0.3, -0.25) is 4.79 Å². The van der Waals surface area contributed by atoms with Crippen LogP contribution in [-0.4, -0.2) is 17.2 Å². The fourth-order valence-electron chi connectivity index (χ4n) is 0.312. The average molecular weight is 183 g/mol. The number of hydrogen-bond donors (Lipinski definition) is 2. The fourth-order valence-corrected chi connectivity index (χ4v) is 2.34. The molecule has 0 aromatic heterocycles. The molecule has 2 atom stereocenters. The lowest BCUT2D eigenvalue weighted by Gasteiger charge is -1.94. The van der Waals surface area contributed by atoms with Crippen molar-refractivity contribution >= 4 is 35.9 Å². The Balaban J connectivity index is 3.63. The molecule has 0 amide bonds. The second-order valence-electron chi connectivity index (χ2n) is 1.77. The van der Waals surface area contributed by atoms with Crippen LogP contribution in [-0.2, 0) is 16.6 Å². The molecule has 0 radical (unpaired) electrons. The van der Waals surface area contributed by atoms with Gasteiger partial charge in [0.15, 0.2) is 11.8 Å². The number of carboxylic acid groups (broad SMARTS) is 1. The van der Waals surface area contributed by atoms with Crippen LogP contribution in [0, 0.1) is 5.92 Å². The van der Waals surface area contributed by atoms with Gasteiger partial charge in [0.05, 0.1) is 18.2 Å². The van der Waals surface area contributed by atoms with Gasteiger partial charge in [0.2, 0.25) is 5.90 Å². The maximum Gasteiger partial charge on any atom is 0.310 e. The molecule has 0 saturated carbocycles. The summed E-state index contributed by atoms with van der Waals surface area (Å²) in [5.74, 6) is -1.91. The minimum absolute atomic E-state index is 0.342. The monoisotopic (exact) mass is 183 g/mol. The maximum absolute atomic E-state index is 10.2. The van der Waals surface area contributed by atoms with Crippen LogP contribution in [0.5, 0.6) is 0 Å². The number of carboxylic acids is 1. The molecule has 0 spiro atoms. The molecule has 1 N–H and O–H groups in total. The zero-order chi connectivity index (χ0) is 7.44. The van der Waals surface area contributed by atoms with Gasteiger partial charge >= 0.3 is 5.97 Å². The lowest BCUT2D eigenvalue weighted by molar-refractivity contribution is -0.140. The molecule has 0 aromatic carbocycles. The summed E-state index contributed by atoms with van der Waals surface area (Å²) in [5.41, 5.74) is 0. The van der Waals surface area contributed by atoms with Crippen molar-refractivity contribution in [2.24, 2.45) is 5.92 Å². The van der Waals surface area contributed by atoms with Gasteiger partial charge in [-0.05, 0) is 6.92 Å². The van der Waals surface area contributed by atoms with Crippen molar-refractivity contribution in [1.82, 2.24) is 0 Å². The first kappa shape index (κ1) is 9.34. The number of thiol groups is 1. The van der Waals surface area contributed by atoms with Crippen molar-refractivity contribution in [3.8, 4) is 0 Å². The Morgan fingerprint density at radius 2 is 2.44 bits per heavy atom. The Kier molecular flexibility index (Phi) is 4.36. The SMILES string of the molecule is CC(C[P+](=S)S)C(=O)O. The number of hydrogen-bond acceptors (Lipinski definition) is 2. The molecule has 0 aliphatic carbocycles. The number of aliphatic carboxylic acids is 1. The van der Waals surface area contributed by atoms with Crippen LogP contribution in [0.1, 0.15) is 6.92 Å². The third-order valence-corrected chi connectivity index (χ3v) is 2.65. The van der Waals surface area contributed by atoms with Gasteiger partial charge in [0.1, 0.15) is 6.16 Å². The summed E-state index contributed by atoms with van der Waals surface area (Å²) in [7, 11) is 0. The van der Waals surface area contributed by atoms with E-state index < -0.39 is 11.9 Å². The Hall–Kier alpha value is 0.340. The van der Waals surface area contributed by atoms with E-state index in [1.165, 1.54) is 0 Å². The predicted octanol–water partition coefficient (Wildman–Crippen LogP) is 1.50. The van der Waals surface area contributed by atoms with Crippen molar-refractivity contribution in [2.45, 2.75) is 6.92 Å². The summed E-state index contributed by atoms with van der Waals surface area (Å²) in [6.45, 7) is 1.64. The first-order chi connectivity index (χ1) is 4.04. The van der Waals surface area contributed by atoms with E-state index in [4.69, 9.17) is 16.9 Å². The van der Waals surface area contributed by atoms with Gasteiger partial charge in [0, 0.05) is 0 Å². The highest BCUT2D eigenvalue weighted by molar-refractivity contribution is 8.56. The molecule has 9 heavy (non-hydrogen) atoms. The van der Waals surface area contributed by atoms with Gasteiger partial charge in [-0.2, -0.15) is 0 Å². The van der Waals surface area contributed by atoms with E-state index in [1.54, 1.807) is 6.92 Å². The zero-order valence-corrected chi connectivity index (χ0v) is 7.55. The average Bonchev–Trinajstić information content (AvgIpc) is 1.63. The summed E-state index contributed by atoms with van der Waals surface area (Å²) in [4.78, 5) is 10.2. The molecule has 0 aliphatic heterocycles. The molecule has 0 fully saturated rings. The molecule has 0 aromatic rings. The molecule has 0 rings (SSSR count). The van der Waals surface area contributed by atoms with Crippen molar-refractivity contribution < 1.29 is 9.90 Å². The minimum Gasteiger partial charge on any atom is -0.481 e. The topological polar surface area (TPSA) is 37.3 Å². The summed E-state index contributed by atoms with van der Waals surface area (Å²) < 4.78 is 0. The standard InChI is InChI=1S/C4H7O2PS2/c1-3(4(5)6)2-7(8)9/h3H,2H2,1H3,(H-,5,6,8,9)/p+1. The summed E-state index contributed by atoms with van der Waals surface area (Å²) in [6, 6.07) is 0. The summed E-state index contributed by atoms with van der Waals surface area (Å²) in [6.07, 6.45) is 0.517. The Labute approximate surface area is 65.2 Å². The highest BCUT2D eigenvalue weighted by Gasteiger charge is 2.17. The molecular formula is C4H8O2PS2+. The van der Waals surface area contributed by atoms with E-state index in [0.717, 1.165) is 0 Å². The molecule has 2 unspecified atom stereocenters. The second kappa shape index (κ2) is 4.20. The van der Waals surface area contributed by atoms with E-state index in [1.807, 2.05) is 0 Å². The van der Waals surface area contributed by atoms with E-state index in [-0.39, 0.29) is 5.92 Å². The van der Waals surface area contributed by atoms with Crippen LogP contribution in [0.4, 0.5) is 0 Å². The van der Waals surface area contributed by atoms with Crippen molar-refractivity contribution in [3.63, 3.8) is 0 Å². The van der Waals surface area contributed by atoms with Gasteiger partial charge in [-0.25, -0.2) is 0 Å². The van der Waals surface area contributed by atoms with Crippen molar-refractivity contribution in [2.75, 3.05) is 6.16 Å². The molecular weight excluding hydrogens is 175 g/mol. The third-order valence-electron chi connectivity index (χ3n) is 0.852. The van der Waals surface area contributed by atoms with E-state index in [2.05, 4.69) is 12.2 Å². The van der Waals surface area contributed by atoms with E-state index in [9.17, 15) is 4.79 Å². The predicted molar refractivity (Wildman–Crippen MR) is 44.9 cm³/mol. The molecule has 0 aliphatic rings. The molecule has 0 saturated heterocycles. The van der Waals surface area contributed by atoms with Gasteiger partial charge in [0.25, 0.3) is 0 Å².